The van der Waals surface area contributed by atoms with Crippen molar-refractivity contribution in [3.8, 4) is 11.5 Å². The van der Waals surface area contributed by atoms with Crippen molar-refractivity contribution in [1.82, 2.24) is 4.90 Å². The predicted octanol–water partition coefficient (Wildman–Crippen LogP) is 2.39. The van der Waals surface area contributed by atoms with E-state index in [1.54, 1.807) is 14.2 Å². The zero-order chi connectivity index (χ0) is 15.9. The van der Waals surface area contributed by atoms with Crippen LogP contribution in [0.4, 0.5) is 5.69 Å². The number of nitrogens with two attached hydrogens (primary N) is 1. The van der Waals surface area contributed by atoms with Gasteiger partial charge in [0.15, 0.2) is 17.5 Å². The summed E-state index contributed by atoms with van der Waals surface area (Å²) in [6.07, 6.45) is 2.37. The van der Waals surface area contributed by atoms with Crippen LogP contribution in [0.2, 0.25) is 0 Å². The molecule has 0 spiro atoms. The fraction of sp³-hybridized carbons (Fsp3) is 0.562. The van der Waals surface area contributed by atoms with Gasteiger partial charge in [0.25, 0.3) is 0 Å². The number of likely N-dealkylation sites (tertiary alicyclic amines) is 1. The van der Waals surface area contributed by atoms with Crippen molar-refractivity contribution in [3.05, 3.63) is 18.2 Å². The number of anilines is 1. The van der Waals surface area contributed by atoms with E-state index in [0.717, 1.165) is 25.3 Å². The zero-order valence-corrected chi connectivity index (χ0v) is 16.4. The second kappa shape index (κ2) is 9.82. The highest BCUT2D eigenvalue weighted by Crippen LogP contribution is 2.29. The second-order valence-electron chi connectivity index (χ2n) is 5.67. The monoisotopic (exact) mass is 434 g/mol. The van der Waals surface area contributed by atoms with Gasteiger partial charge in [-0.05, 0) is 51.0 Å². The number of nitrogens with zero attached hydrogens (tertiary/aromatic N) is 2. The molecule has 1 saturated heterocycles. The summed E-state index contributed by atoms with van der Waals surface area (Å²) >= 11 is 0. The first-order valence-corrected chi connectivity index (χ1v) is 7.60. The summed E-state index contributed by atoms with van der Waals surface area (Å²) in [6, 6.07) is 5.57. The lowest BCUT2D eigenvalue weighted by Gasteiger charge is -2.27. The normalized spacial score (nSPS) is 16.6. The smallest absolute Gasteiger partial charge is 0.193 e. The lowest BCUT2D eigenvalue weighted by molar-refractivity contribution is 0.224. The first kappa shape index (κ1) is 19.8. The van der Waals surface area contributed by atoms with Crippen molar-refractivity contribution in [2.45, 2.75) is 12.8 Å². The predicted molar refractivity (Wildman–Crippen MR) is 105 cm³/mol. The minimum atomic E-state index is 0. The van der Waals surface area contributed by atoms with Crippen LogP contribution in [0.3, 0.4) is 0 Å². The Morgan fingerprint density at radius 3 is 2.52 bits per heavy atom. The average molecular weight is 434 g/mol. The number of hydrogen-bond acceptors (Lipinski definition) is 4. The molecule has 1 aromatic rings. The zero-order valence-electron chi connectivity index (χ0n) is 14.0. The van der Waals surface area contributed by atoms with Crippen LogP contribution in [-0.2, 0) is 0 Å². The maximum absolute atomic E-state index is 5.97. The molecule has 0 unspecified atom stereocenters. The van der Waals surface area contributed by atoms with E-state index in [2.05, 4.69) is 22.3 Å². The van der Waals surface area contributed by atoms with Gasteiger partial charge in [-0.3, -0.25) is 4.99 Å². The van der Waals surface area contributed by atoms with Crippen LogP contribution in [-0.4, -0.2) is 51.8 Å². The van der Waals surface area contributed by atoms with Gasteiger partial charge in [-0.15, -0.1) is 24.0 Å². The molecule has 1 aliphatic heterocycles. The van der Waals surface area contributed by atoms with Crippen molar-refractivity contribution in [1.29, 1.82) is 0 Å². The third-order valence-electron chi connectivity index (χ3n) is 4.01. The van der Waals surface area contributed by atoms with Gasteiger partial charge < -0.3 is 25.4 Å². The minimum absolute atomic E-state index is 0. The molecule has 0 atom stereocenters. The maximum Gasteiger partial charge on any atom is 0.193 e. The second-order valence-corrected chi connectivity index (χ2v) is 5.67. The van der Waals surface area contributed by atoms with E-state index in [-0.39, 0.29) is 24.0 Å². The molecule has 1 aliphatic rings. The molecule has 0 saturated carbocycles. The molecule has 1 fully saturated rings. The summed E-state index contributed by atoms with van der Waals surface area (Å²) < 4.78 is 10.5. The van der Waals surface area contributed by atoms with E-state index in [1.165, 1.54) is 12.8 Å². The van der Waals surface area contributed by atoms with Gasteiger partial charge in [0.05, 0.1) is 14.2 Å². The molecular weight excluding hydrogens is 407 g/mol. The molecule has 0 aliphatic carbocycles. The number of piperidine rings is 1. The van der Waals surface area contributed by atoms with Gasteiger partial charge in [-0.25, -0.2) is 0 Å². The number of hydrogen-bond donors (Lipinski definition) is 2. The fourth-order valence-corrected chi connectivity index (χ4v) is 2.57. The molecule has 130 valence electrons. The van der Waals surface area contributed by atoms with Crippen LogP contribution in [0.1, 0.15) is 12.8 Å². The SMILES string of the molecule is COc1ccc(NC(N)=NCC2CCN(C)CC2)cc1OC.I. The molecule has 2 rings (SSSR count). The van der Waals surface area contributed by atoms with E-state index in [1.807, 2.05) is 18.2 Å². The van der Waals surface area contributed by atoms with E-state index in [4.69, 9.17) is 15.2 Å². The standard InChI is InChI=1S/C16H26N4O2.HI/c1-20-8-6-12(7-9-20)11-18-16(17)19-13-4-5-14(21-2)15(10-13)22-3;/h4-5,10,12H,6-9,11H2,1-3H3,(H3,17,18,19);1H. The molecule has 3 N–H and O–H groups in total. The third-order valence-corrected chi connectivity index (χ3v) is 4.01. The highest BCUT2D eigenvalue weighted by atomic mass is 127. The van der Waals surface area contributed by atoms with Gasteiger partial charge in [-0.1, -0.05) is 0 Å². The molecule has 6 nitrogen and oxygen atoms in total. The van der Waals surface area contributed by atoms with E-state index in [0.29, 0.717) is 23.4 Å². The Morgan fingerprint density at radius 1 is 1.26 bits per heavy atom. The summed E-state index contributed by atoms with van der Waals surface area (Å²) in [4.78, 5) is 6.81. The van der Waals surface area contributed by atoms with Gasteiger partial charge in [0.1, 0.15) is 0 Å². The highest BCUT2D eigenvalue weighted by molar-refractivity contribution is 14.0. The van der Waals surface area contributed by atoms with Crippen LogP contribution >= 0.6 is 24.0 Å². The summed E-state index contributed by atoms with van der Waals surface area (Å²) in [5.41, 5.74) is 6.80. The van der Waals surface area contributed by atoms with Crippen LogP contribution < -0.4 is 20.5 Å². The van der Waals surface area contributed by atoms with Gasteiger partial charge in [0.2, 0.25) is 0 Å². The number of ether oxygens (including phenoxy) is 2. The third kappa shape index (κ3) is 6.06. The highest BCUT2D eigenvalue weighted by Gasteiger charge is 2.16. The van der Waals surface area contributed by atoms with E-state index >= 15 is 0 Å². The minimum Gasteiger partial charge on any atom is -0.493 e. The van der Waals surface area contributed by atoms with E-state index in [9.17, 15) is 0 Å². The first-order valence-electron chi connectivity index (χ1n) is 7.60. The van der Waals surface area contributed by atoms with Crippen LogP contribution in [0, 0.1) is 5.92 Å². The molecule has 23 heavy (non-hydrogen) atoms. The lowest BCUT2D eigenvalue weighted by atomic mass is 9.97. The summed E-state index contributed by atoms with van der Waals surface area (Å²) in [7, 11) is 5.38. The molecule has 1 heterocycles. The molecule has 0 aromatic heterocycles. The van der Waals surface area contributed by atoms with Gasteiger partial charge >= 0.3 is 0 Å². The summed E-state index contributed by atoms with van der Waals surface area (Å²) in [5, 5.41) is 3.10. The maximum atomic E-state index is 5.97. The van der Waals surface area contributed by atoms with Crippen LogP contribution in [0.5, 0.6) is 11.5 Å². The van der Waals surface area contributed by atoms with E-state index < -0.39 is 0 Å². The quantitative estimate of drug-likeness (QED) is 0.423. The van der Waals surface area contributed by atoms with Crippen LogP contribution in [0.25, 0.3) is 0 Å². The number of guanidine groups is 1. The average Bonchev–Trinajstić information content (AvgIpc) is 2.54. The topological polar surface area (TPSA) is 72.1 Å². The van der Waals surface area contributed by atoms with Crippen LogP contribution in [0.15, 0.2) is 23.2 Å². The Hall–Kier alpha value is -1.22. The van der Waals surface area contributed by atoms with Crippen molar-refractivity contribution >= 4 is 35.6 Å². The molecule has 7 heteroatoms. The van der Waals surface area contributed by atoms with Crippen molar-refractivity contribution < 1.29 is 9.47 Å². The Labute approximate surface area is 155 Å². The molecule has 0 amide bonds. The van der Waals surface area contributed by atoms with Gasteiger partial charge in [-0.2, -0.15) is 0 Å². The Morgan fingerprint density at radius 2 is 1.91 bits per heavy atom. The van der Waals surface area contributed by atoms with Crippen molar-refractivity contribution in [2.75, 3.05) is 46.2 Å². The number of rotatable bonds is 5. The van der Waals surface area contributed by atoms with Crippen molar-refractivity contribution in [3.63, 3.8) is 0 Å². The Balaban J connectivity index is 0.00000264. The Bertz CT molecular complexity index is 517. The summed E-state index contributed by atoms with van der Waals surface area (Å²) in [5.74, 6) is 2.42. The largest absolute Gasteiger partial charge is 0.493 e. The molecule has 1 aromatic carbocycles. The Kier molecular flexibility index (Phi) is 8.46. The first-order chi connectivity index (χ1) is 10.6. The fourth-order valence-electron chi connectivity index (χ4n) is 2.57. The number of halogens is 1. The van der Waals surface area contributed by atoms with Gasteiger partial charge in [0, 0.05) is 18.3 Å². The lowest BCUT2D eigenvalue weighted by Crippen LogP contribution is -2.32. The number of nitrogens with one attached hydrogen (secondary N) is 1. The van der Waals surface area contributed by atoms with Crippen molar-refractivity contribution in [2.24, 2.45) is 16.6 Å². The number of methoxy groups -OCH3 is 2. The molecular formula is C16H27IN4O2. The molecule has 0 radical (unpaired) electrons. The molecule has 0 bridgehead atoms. The number of benzene rings is 1. The summed E-state index contributed by atoms with van der Waals surface area (Å²) in [6.45, 7) is 3.06. The number of aliphatic imine (C=N–C) groups is 1.